The molecule has 0 radical (unpaired) electrons. The number of nitriles is 1. The summed E-state index contributed by atoms with van der Waals surface area (Å²) in [6, 6.07) is 8.55. The van der Waals surface area contributed by atoms with Gasteiger partial charge in [-0.2, -0.15) is 9.64 Å². The average molecular weight is 322 g/mol. The maximum Gasteiger partial charge on any atom is 0.238 e. The van der Waals surface area contributed by atoms with Gasteiger partial charge in [0.15, 0.2) is 0 Å². The van der Waals surface area contributed by atoms with E-state index >= 15 is 0 Å². The third-order valence-electron chi connectivity index (χ3n) is 2.93. The highest BCUT2D eigenvalue weighted by atomic mass is 32.2. The zero-order valence-electron chi connectivity index (χ0n) is 11.3. The van der Waals surface area contributed by atoms with Crippen molar-refractivity contribution in [1.29, 1.82) is 5.26 Å². The predicted molar refractivity (Wildman–Crippen MR) is 81.6 cm³/mol. The molecular weight excluding hydrogens is 308 g/mol. The number of nitrogens with zero attached hydrogens (tertiary/aromatic N) is 2. The monoisotopic (exact) mass is 322 g/mol. The van der Waals surface area contributed by atoms with Crippen molar-refractivity contribution in [2.24, 2.45) is 5.14 Å². The summed E-state index contributed by atoms with van der Waals surface area (Å²) >= 11 is 1.26. The van der Waals surface area contributed by atoms with Crippen LogP contribution in [0.2, 0.25) is 0 Å². The lowest BCUT2D eigenvalue weighted by Gasteiger charge is -2.05. The van der Waals surface area contributed by atoms with Gasteiger partial charge in [-0.15, -0.1) is 0 Å². The van der Waals surface area contributed by atoms with Crippen LogP contribution in [0.1, 0.15) is 16.8 Å². The summed E-state index contributed by atoms with van der Waals surface area (Å²) in [5.74, 6) is 0. The molecule has 0 aliphatic rings. The minimum absolute atomic E-state index is 0.101. The van der Waals surface area contributed by atoms with E-state index in [1.54, 1.807) is 19.1 Å². The summed E-state index contributed by atoms with van der Waals surface area (Å²) in [5.41, 5.74) is 2.28. The summed E-state index contributed by atoms with van der Waals surface area (Å²) in [7, 11) is -3.65. The zero-order chi connectivity index (χ0) is 15.5. The minimum atomic E-state index is -3.65. The Labute approximate surface area is 127 Å². The van der Waals surface area contributed by atoms with Crippen molar-refractivity contribution >= 4 is 26.6 Å². The summed E-state index contributed by atoms with van der Waals surface area (Å²) in [6.07, 6.45) is 0.701. The fourth-order valence-electron chi connectivity index (χ4n) is 1.79. The first-order chi connectivity index (χ1) is 9.91. The van der Waals surface area contributed by atoms with Gasteiger partial charge >= 0.3 is 0 Å². The number of sulfonamides is 1. The van der Waals surface area contributed by atoms with Gasteiger partial charge in [-0.25, -0.2) is 13.6 Å². The molecule has 0 unspecified atom stereocenters. The Morgan fingerprint density at radius 1 is 1.38 bits per heavy atom. The molecule has 0 saturated carbocycles. The molecule has 1 aromatic heterocycles. The molecule has 0 atom stereocenters. The highest BCUT2D eigenvalue weighted by Crippen LogP contribution is 2.23. The maximum absolute atomic E-state index is 11.1. The number of primary sulfonamides is 1. The van der Waals surface area contributed by atoms with Crippen molar-refractivity contribution in [3.8, 4) is 6.07 Å². The van der Waals surface area contributed by atoms with Crippen molar-refractivity contribution in [3.05, 3.63) is 41.1 Å². The van der Waals surface area contributed by atoms with Gasteiger partial charge in [-0.05, 0) is 42.6 Å². The van der Waals surface area contributed by atoms with Crippen molar-refractivity contribution < 1.29 is 8.42 Å². The number of nitrogens with one attached hydrogen (secondary N) is 1. The third-order valence-corrected chi connectivity index (χ3v) is 4.75. The van der Waals surface area contributed by atoms with Crippen LogP contribution in [0.25, 0.3) is 0 Å². The first-order valence-electron chi connectivity index (χ1n) is 6.14. The molecule has 110 valence electrons. The molecule has 8 heteroatoms. The standard InChI is InChI=1S/C13H14N4O2S2/c1-9-12(8-14)13(20-17-9)16-7-6-10-2-4-11(5-3-10)21(15,18)19/h2-5,16H,6-7H2,1H3,(H2,15,18,19). The van der Waals surface area contributed by atoms with E-state index in [4.69, 9.17) is 10.4 Å². The van der Waals surface area contributed by atoms with Gasteiger partial charge < -0.3 is 5.32 Å². The van der Waals surface area contributed by atoms with E-state index in [1.807, 2.05) is 0 Å². The number of aryl methyl sites for hydroxylation is 1. The van der Waals surface area contributed by atoms with Crippen LogP contribution in [0.3, 0.4) is 0 Å². The molecule has 0 fully saturated rings. The Morgan fingerprint density at radius 2 is 2.05 bits per heavy atom. The minimum Gasteiger partial charge on any atom is -0.374 e. The summed E-state index contributed by atoms with van der Waals surface area (Å²) in [4.78, 5) is 0.101. The number of hydrogen-bond donors (Lipinski definition) is 2. The van der Waals surface area contributed by atoms with Crippen LogP contribution >= 0.6 is 11.5 Å². The van der Waals surface area contributed by atoms with Crippen LogP contribution < -0.4 is 10.5 Å². The van der Waals surface area contributed by atoms with Gasteiger partial charge in [-0.1, -0.05) is 12.1 Å². The number of nitrogens with two attached hydrogens (primary N) is 1. The first-order valence-corrected chi connectivity index (χ1v) is 8.46. The topological polar surface area (TPSA) is 109 Å². The Hall–Kier alpha value is -1.95. The molecule has 0 amide bonds. The highest BCUT2D eigenvalue weighted by molar-refractivity contribution is 7.89. The molecule has 21 heavy (non-hydrogen) atoms. The lowest BCUT2D eigenvalue weighted by atomic mass is 10.1. The third kappa shape index (κ3) is 3.78. The van der Waals surface area contributed by atoms with Crippen LogP contribution in [0, 0.1) is 18.3 Å². The maximum atomic E-state index is 11.1. The van der Waals surface area contributed by atoms with Crippen LogP contribution in [-0.4, -0.2) is 19.3 Å². The van der Waals surface area contributed by atoms with Crippen LogP contribution in [0.5, 0.6) is 0 Å². The quantitative estimate of drug-likeness (QED) is 0.869. The predicted octanol–water partition coefficient (Wildman–Crippen LogP) is 1.63. The number of rotatable bonds is 5. The Balaban J connectivity index is 1.96. The summed E-state index contributed by atoms with van der Waals surface area (Å²) < 4.78 is 26.4. The number of anilines is 1. The van der Waals surface area contributed by atoms with Gasteiger partial charge in [0.1, 0.15) is 16.6 Å². The van der Waals surface area contributed by atoms with E-state index in [2.05, 4.69) is 15.8 Å². The molecule has 0 spiro atoms. The van der Waals surface area contributed by atoms with Gasteiger partial charge in [-0.3, -0.25) is 0 Å². The molecule has 0 aliphatic carbocycles. The fraction of sp³-hybridized carbons (Fsp3) is 0.231. The number of benzene rings is 1. The van der Waals surface area contributed by atoms with Crippen LogP contribution in [-0.2, 0) is 16.4 Å². The average Bonchev–Trinajstić information content (AvgIpc) is 2.79. The van der Waals surface area contributed by atoms with Gasteiger partial charge in [0.2, 0.25) is 10.0 Å². The lowest BCUT2D eigenvalue weighted by Crippen LogP contribution is -2.12. The SMILES string of the molecule is Cc1nsc(NCCc2ccc(S(N)(=O)=O)cc2)c1C#N. The van der Waals surface area contributed by atoms with E-state index in [-0.39, 0.29) is 4.90 Å². The number of aromatic nitrogens is 1. The van der Waals surface area contributed by atoms with E-state index in [9.17, 15) is 8.42 Å². The highest BCUT2D eigenvalue weighted by Gasteiger charge is 2.09. The van der Waals surface area contributed by atoms with E-state index in [1.165, 1.54) is 23.7 Å². The molecule has 3 N–H and O–H groups in total. The molecule has 0 aliphatic heterocycles. The molecule has 2 aromatic rings. The smallest absolute Gasteiger partial charge is 0.238 e. The molecule has 0 bridgehead atoms. The fourth-order valence-corrected chi connectivity index (χ4v) is 3.07. The molecule has 2 rings (SSSR count). The van der Waals surface area contributed by atoms with Crippen molar-refractivity contribution in [1.82, 2.24) is 4.37 Å². The van der Waals surface area contributed by atoms with E-state index < -0.39 is 10.0 Å². The van der Waals surface area contributed by atoms with Gasteiger partial charge in [0.25, 0.3) is 0 Å². The molecule has 0 saturated heterocycles. The zero-order valence-corrected chi connectivity index (χ0v) is 13.0. The van der Waals surface area contributed by atoms with Crippen LogP contribution in [0.15, 0.2) is 29.2 Å². The lowest BCUT2D eigenvalue weighted by molar-refractivity contribution is 0.598. The van der Waals surface area contributed by atoms with Crippen molar-refractivity contribution in [2.45, 2.75) is 18.2 Å². The Bertz CT molecular complexity index is 773. The van der Waals surface area contributed by atoms with Gasteiger partial charge in [0, 0.05) is 6.54 Å². The second kappa shape index (κ2) is 6.22. The largest absolute Gasteiger partial charge is 0.374 e. The Kier molecular flexibility index (Phi) is 4.57. The van der Waals surface area contributed by atoms with Gasteiger partial charge in [0.05, 0.1) is 10.6 Å². The van der Waals surface area contributed by atoms with E-state index in [0.717, 1.165) is 16.3 Å². The Morgan fingerprint density at radius 3 is 2.62 bits per heavy atom. The van der Waals surface area contributed by atoms with Crippen molar-refractivity contribution in [3.63, 3.8) is 0 Å². The second-order valence-electron chi connectivity index (χ2n) is 4.45. The molecule has 1 aromatic carbocycles. The summed E-state index contributed by atoms with van der Waals surface area (Å²) in [6.45, 7) is 2.43. The molecule has 6 nitrogen and oxygen atoms in total. The second-order valence-corrected chi connectivity index (χ2v) is 6.78. The van der Waals surface area contributed by atoms with Crippen molar-refractivity contribution in [2.75, 3.05) is 11.9 Å². The normalized spacial score (nSPS) is 11.1. The number of hydrogen-bond acceptors (Lipinski definition) is 6. The molecular formula is C13H14N4O2S2. The first kappa shape index (κ1) is 15.4. The molecule has 1 heterocycles. The summed E-state index contributed by atoms with van der Waals surface area (Å²) in [5, 5.41) is 18.0. The van der Waals surface area contributed by atoms with E-state index in [0.29, 0.717) is 18.5 Å². The van der Waals surface area contributed by atoms with Crippen LogP contribution in [0.4, 0.5) is 5.00 Å².